The Labute approximate surface area is 125 Å². The molecule has 3 nitrogen and oxygen atoms in total. The summed E-state index contributed by atoms with van der Waals surface area (Å²) in [6.45, 7) is 8.17. The zero-order valence-electron chi connectivity index (χ0n) is 13.8. The molecule has 0 fully saturated rings. The van der Waals surface area contributed by atoms with Gasteiger partial charge in [-0.25, -0.2) is 0 Å². The number of carbonyl (C=O) groups excluding carboxylic acids is 1. The minimum atomic E-state index is -0.399. The number of hydrogen-bond donors (Lipinski definition) is 1. The fraction of sp³-hybridized carbons (Fsp3) is 0.882. The molecule has 0 radical (unpaired) electrons. The summed E-state index contributed by atoms with van der Waals surface area (Å²) < 4.78 is 0. The molecule has 0 rings (SSSR count). The summed E-state index contributed by atoms with van der Waals surface area (Å²) in [5, 5.41) is 11.7. The number of hydrogen-bond acceptors (Lipinski definition) is 2. The predicted molar refractivity (Wildman–Crippen MR) is 84.2 cm³/mol. The first kappa shape index (κ1) is 19.0. The van der Waals surface area contributed by atoms with E-state index in [0.29, 0.717) is 0 Å². The molecule has 1 unspecified atom stereocenters. The van der Waals surface area contributed by atoms with Crippen molar-refractivity contribution >= 4 is 5.91 Å². The molecule has 3 heteroatoms. The molecule has 1 N–H and O–H groups in total. The van der Waals surface area contributed by atoms with Crippen LogP contribution in [0.1, 0.15) is 85.5 Å². The second kappa shape index (κ2) is 10.7. The third-order valence-electron chi connectivity index (χ3n) is 4.00. The van der Waals surface area contributed by atoms with Crippen molar-refractivity contribution in [2.45, 2.75) is 91.5 Å². The van der Waals surface area contributed by atoms with Crippen LogP contribution >= 0.6 is 0 Å². The van der Waals surface area contributed by atoms with Gasteiger partial charge >= 0.3 is 0 Å². The number of amides is 1. The van der Waals surface area contributed by atoms with Gasteiger partial charge in [-0.05, 0) is 19.8 Å². The molecule has 0 aromatic carbocycles. The van der Waals surface area contributed by atoms with Crippen LogP contribution in [0.4, 0.5) is 0 Å². The maximum absolute atomic E-state index is 12.4. The van der Waals surface area contributed by atoms with Gasteiger partial charge in [0.05, 0.1) is 6.07 Å². The summed E-state index contributed by atoms with van der Waals surface area (Å²) >= 11 is 0. The molecule has 0 bridgehead atoms. The van der Waals surface area contributed by atoms with Gasteiger partial charge in [-0.15, -0.1) is 0 Å². The average molecular weight is 280 g/mol. The van der Waals surface area contributed by atoms with Crippen LogP contribution < -0.4 is 5.32 Å². The van der Waals surface area contributed by atoms with E-state index < -0.39 is 6.04 Å². The van der Waals surface area contributed by atoms with Crippen molar-refractivity contribution in [2.24, 2.45) is 5.41 Å². The number of unbranched alkanes of at least 4 members (excludes halogenated alkanes) is 5. The highest BCUT2D eigenvalue weighted by Gasteiger charge is 2.32. The first-order chi connectivity index (χ1) is 9.50. The average Bonchev–Trinajstić information content (AvgIpc) is 2.43. The molecule has 0 aliphatic rings. The molecule has 116 valence electrons. The molecule has 2 atom stereocenters. The molecule has 0 aromatic heterocycles. The number of nitriles is 1. The van der Waals surface area contributed by atoms with Crippen LogP contribution in [0.2, 0.25) is 0 Å². The first-order valence-electron chi connectivity index (χ1n) is 8.20. The van der Waals surface area contributed by atoms with Gasteiger partial charge in [0.1, 0.15) is 6.04 Å². The second-order valence-electron chi connectivity index (χ2n) is 6.15. The summed E-state index contributed by atoms with van der Waals surface area (Å²) in [5.74, 6) is 0.0548. The fourth-order valence-electron chi connectivity index (χ4n) is 2.46. The minimum absolute atomic E-state index is 0.0548. The lowest BCUT2D eigenvalue weighted by Crippen LogP contribution is -2.42. The number of nitrogens with zero attached hydrogens (tertiary/aromatic N) is 1. The van der Waals surface area contributed by atoms with Crippen LogP contribution in [0.15, 0.2) is 0 Å². The summed E-state index contributed by atoms with van der Waals surface area (Å²) in [7, 11) is 0. The van der Waals surface area contributed by atoms with Crippen LogP contribution in [0.3, 0.4) is 0 Å². The Morgan fingerprint density at radius 1 is 1.10 bits per heavy atom. The molecule has 0 saturated carbocycles. The van der Waals surface area contributed by atoms with Crippen molar-refractivity contribution in [2.75, 3.05) is 0 Å². The van der Waals surface area contributed by atoms with Crippen molar-refractivity contribution < 1.29 is 4.79 Å². The van der Waals surface area contributed by atoms with Crippen LogP contribution in [0.5, 0.6) is 0 Å². The minimum Gasteiger partial charge on any atom is -0.340 e. The second-order valence-corrected chi connectivity index (χ2v) is 6.15. The van der Waals surface area contributed by atoms with Crippen LogP contribution in [-0.4, -0.2) is 11.9 Å². The van der Waals surface area contributed by atoms with E-state index >= 15 is 0 Å². The standard InChI is InChI=1S/C17H32N2O/c1-5-7-9-11-13-17(4,12-10-8-6-2)16(20)19-15(3)14-18/h15H,5-13H2,1-4H3,(H,19,20)/t15-,17?/m1/s1. The van der Waals surface area contributed by atoms with Gasteiger partial charge in [-0.2, -0.15) is 5.26 Å². The Morgan fingerprint density at radius 3 is 2.10 bits per heavy atom. The van der Waals surface area contributed by atoms with E-state index in [9.17, 15) is 4.79 Å². The van der Waals surface area contributed by atoms with Crippen molar-refractivity contribution in [3.05, 3.63) is 0 Å². The van der Waals surface area contributed by atoms with Crippen molar-refractivity contribution in [3.63, 3.8) is 0 Å². The SMILES string of the molecule is CCCCCCC(C)(CCCCC)C(=O)N[C@H](C)C#N. The zero-order valence-corrected chi connectivity index (χ0v) is 13.8. The van der Waals surface area contributed by atoms with Crippen LogP contribution in [0, 0.1) is 16.7 Å². The maximum Gasteiger partial charge on any atom is 0.226 e. The predicted octanol–water partition coefficient (Wildman–Crippen LogP) is 4.57. The molecule has 20 heavy (non-hydrogen) atoms. The van der Waals surface area contributed by atoms with Crippen molar-refractivity contribution in [1.82, 2.24) is 5.32 Å². The number of rotatable bonds is 11. The Morgan fingerprint density at radius 2 is 1.60 bits per heavy atom. The smallest absolute Gasteiger partial charge is 0.226 e. The van der Waals surface area contributed by atoms with Gasteiger partial charge in [0, 0.05) is 5.41 Å². The van der Waals surface area contributed by atoms with Gasteiger partial charge in [-0.3, -0.25) is 4.79 Å². The van der Waals surface area contributed by atoms with Gasteiger partial charge in [0.2, 0.25) is 5.91 Å². The molecule has 0 heterocycles. The monoisotopic (exact) mass is 280 g/mol. The third-order valence-corrected chi connectivity index (χ3v) is 4.00. The number of nitrogens with one attached hydrogen (secondary N) is 1. The molecular weight excluding hydrogens is 248 g/mol. The lowest BCUT2D eigenvalue weighted by molar-refractivity contribution is -0.131. The fourth-order valence-corrected chi connectivity index (χ4v) is 2.46. The molecule has 0 aliphatic heterocycles. The summed E-state index contributed by atoms with van der Waals surface area (Å²) in [6, 6.07) is 1.68. The highest BCUT2D eigenvalue weighted by atomic mass is 16.2. The quantitative estimate of drug-likeness (QED) is 0.563. The van der Waals surface area contributed by atoms with Gasteiger partial charge < -0.3 is 5.32 Å². The molecule has 0 spiro atoms. The van der Waals surface area contributed by atoms with Crippen LogP contribution in [0.25, 0.3) is 0 Å². The topological polar surface area (TPSA) is 52.9 Å². The summed E-state index contributed by atoms with van der Waals surface area (Å²) in [5.41, 5.74) is -0.311. The van der Waals surface area contributed by atoms with E-state index in [1.807, 2.05) is 0 Å². The van der Waals surface area contributed by atoms with Gasteiger partial charge in [0.15, 0.2) is 0 Å². The van der Waals surface area contributed by atoms with Crippen molar-refractivity contribution in [1.29, 1.82) is 5.26 Å². The third kappa shape index (κ3) is 7.53. The number of carbonyl (C=O) groups is 1. The Bertz CT molecular complexity index is 309. The lowest BCUT2D eigenvalue weighted by Gasteiger charge is -2.29. The largest absolute Gasteiger partial charge is 0.340 e. The summed E-state index contributed by atoms with van der Waals surface area (Å²) in [4.78, 5) is 12.4. The summed E-state index contributed by atoms with van der Waals surface area (Å²) in [6.07, 6.45) is 10.0. The van der Waals surface area contributed by atoms with E-state index in [2.05, 4.69) is 32.2 Å². The Balaban J connectivity index is 4.50. The van der Waals surface area contributed by atoms with E-state index in [1.54, 1.807) is 6.92 Å². The Hall–Kier alpha value is -1.04. The lowest BCUT2D eigenvalue weighted by atomic mass is 9.78. The molecule has 0 saturated heterocycles. The van der Waals surface area contributed by atoms with E-state index in [4.69, 9.17) is 5.26 Å². The maximum atomic E-state index is 12.4. The molecule has 0 aromatic rings. The first-order valence-corrected chi connectivity index (χ1v) is 8.20. The van der Waals surface area contributed by atoms with E-state index in [1.165, 1.54) is 32.1 Å². The highest BCUT2D eigenvalue weighted by molar-refractivity contribution is 5.82. The molecule has 0 aliphatic carbocycles. The normalized spacial score (nSPS) is 15.2. The molecule has 1 amide bonds. The van der Waals surface area contributed by atoms with E-state index in [-0.39, 0.29) is 11.3 Å². The van der Waals surface area contributed by atoms with Crippen molar-refractivity contribution in [3.8, 4) is 6.07 Å². The van der Waals surface area contributed by atoms with Gasteiger partial charge in [-0.1, -0.05) is 65.7 Å². The van der Waals surface area contributed by atoms with E-state index in [0.717, 1.165) is 25.7 Å². The van der Waals surface area contributed by atoms with Crippen LogP contribution in [-0.2, 0) is 4.79 Å². The molecular formula is C17H32N2O. The highest BCUT2D eigenvalue weighted by Crippen LogP contribution is 2.31. The Kier molecular flexibility index (Phi) is 10.2. The van der Waals surface area contributed by atoms with Gasteiger partial charge in [0.25, 0.3) is 0 Å². The zero-order chi connectivity index (χ0) is 15.4.